The van der Waals surface area contributed by atoms with Crippen LogP contribution < -0.4 is 10.1 Å². The van der Waals surface area contributed by atoms with Crippen LogP contribution >= 0.6 is 11.3 Å². The minimum atomic E-state index is 0.181. The van der Waals surface area contributed by atoms with E-state index in [9.17, 15) is 4.79 Å². The molecule has 2 fully saturated rings. The largest absolute Gasteiger partial charge is 0.478 e. The van der Waals surface area contributed by atoms with E-state index in [0.29, 0.717) is 24.4 Å². The maximum atomic E-state index is 12.7. The molecule has 1 aliphatic heterocycles. The lowest BCUT2D eigenvalue weighted by Gasteiger charge is -2.32. The quantitative estimate of drug-likeness (QED) is 0.840. The van der Waals surface area contributed by atoms with E-state index in [-0.39, 0.29) is 5.91 Å². The summed E-state index contributed by atoms with van der Waals surface area (Å²) in [6, 6.07) is 6.27. The third kappa shape index (κ3) is 3.98. The number of carbonyl (C=O) groups excluding carboxylic acids is 1. The van der Waals surface area contributed by atoms with Gasteiger partial charge in [-0.3, -0.25) is 4.79 Å². The van der Waals surface area contributed by atoms with Gasteiger partial charge in [0.15, 0.2) is 0 Å². The first-order valence-electron chi connectivity index (χ1n) is 9.33. The minimum absolute atomic E-state index is 0.181. The van der Waals surface area contributed by atoms with Crippen molar-refractivity contribution >= 4 is 23.1 Å². The van der Waals surface area contributed by atoms with E-state index in [0.717, 1.165) is 36.6 Å². The highest BCUT2D eigenvalue weighted by atomic mass is 32.1. The molecule has 2 aliphatic rings. The number of aromatic nitrogens is 2. The molecule has 6 nitrogen and oxygen atoms in total. The van der Waals surface area contributed by atoms with Gasteiger partial charge in [0.25, 0.3) is 5.91 Å². The average Bonchev–Trinajstić information content (AvgIpc) is 3.39. The zero-order chi connectivity index (χ0) is 17.9. The molecule has 0 radical (unpaired) electrons. The van der Waals surface area contributed by atoms with Gasteiger partial charge in [0.05, 0.1) is 11.5 Å². The number of ether oxygens (including phenoxy) is 1. The highest BCUT2D eigenvalue weighted by molar-refractivity contribution is 7.14. The van der Waals surface area contributed by atoms with Crippen LogP contribution in [-0.2, 0) is 0 Å². The van der Waals surface area contributed by atoms with E-state index in [4.69, 9.17) is 4.74 Å². The number of likely N-dealkylation sites (tertiary alicyclic amines) is 1. The van der Waals surface area contributed by atoms with Crippen molar-refractivity contribution in [3.63, 3.8) is 0 Å². The highest BCUT2D eigenvalue weighted by Gasteiger charge is 2.28. The Morgan fingerprint density at radius 3 is 2.81 bits per heavy atom. The van der Waals surface area contributed by atoms with Gasteiger partial charge in [-0.15, -0.1) is 11.3 Å². The van der Waals surface area contributed by atoms with Crippen LogP contribution in [0.25, 0.3) is 0 Å². The zero-order valence-electron chi connectivity index (χ0n) is 15.0. The first-order chi connectivity index (χ1) is 12.7. The Morgan fingerprint density at radius 2 is 2.08 bits per heavy atom. The first-order valence-corrected chi connectivity index (χ1v) is 10.1. The molecule has 1 amide bonds. The number of piperidine rings is 1. The molecule has 138 valence electrons. The summed E-state index contributed by atoms with van der Waals surface area (Å²) in [5, 5.41) is 3.44. The minimum Gasteiger partial charge on any atom is -0.478 e. The molecule has 1 saturated carbocycles. The van der Waals surface area contributed by atoms with E-state index in [1.54, 1.807) is 11.3 Å². The number of anilines is 1. The van der Waals surface area contributed by atoms with Crippen molar-refractivity contribution < 1.29 is 9.53 Å². The third-order valence-corrected chi connectivity index (χ3v) is 6.12. The van der Waals surface area contributed by atoms with Gasteiger partial charge < -0.3 is 15.0 Å². The summed E-state index contributed by atoms with van der Waals surface area (Å²) in [4.78, 5) is 25.3. The fourth-order valence-electron chi connectivity index (χ4n) is 3.29. The van der Waals surface area contributed by atoms with Crippen molar-refractivity contribution in [2.45, 2.75) is 44.6 Å². The van der Waals surface area contributed by atoms with Crippen LogP contribution in [0.1, 0.15) is 53.1 Å². The van der Waals surface area contributed by atoms with E-state index in [1.165, 1.54) is 24.0 Å². The smallest absolute Gasteiger partial charge is 0.263 e. The van der Waals surface area contributed by atoms with Gasteiger partial charge >= 0.3 is 0 Å². The second-order valence-corrected chi connectivity index (χ2v) is 7.98. The lowest BCUT2D eigenvalue weighted by Crippen LogP contribution is -2.42. The molecule has 1 saturated heterocycles. The second kappa shape index (κ2) is 7.61. The molecular formula is C19H24N4O2S. The van der Waals surface area contributed by atoms with Gasteiger partial charge in [-0.25, -0.2) is 9.97 Å². The molecule has 2 aromatic heterocycles. The average molecular weight is 372 g/mol. The SMILES string of the molecule is CCOc1cc(NC2CCN(C(=O)c3ccc(C4CC4)s3)CC2)ncn1. The van der Waals surface area contributed by atoms with E-state index in [2.05, 4.69) is 21.4 Å². The number of nitrogens with zero attached hydrogens (tertiary/aromatic N) is 3. The normalized spacial score (nSPS) is 18.0. The van der Waals surface area contributed by atoms with Crippen LogP contribution in [0.5, 0.6) is 5.88 Å². The number of amides is 1. The van der Waals surface area contributed by atoms with Crippen molar-refractivity contribution in [3.05, 3.63) is 34.3 Å². The summed E-state index contributed by atoms with van der Waals surface area (Å²) in [6.45, 7) is 4.07. The number of hydrogen-bond acceptors (Lipinski definition) is 6. The summed E-state index contributed by atoms with van der Waals surface area (Å²) in [5.74, 6) is 2.26. The van der Waals surface area contributed by atoms with Crippen molar-refractivity contribution in [2.75, 3.05) is 25.0 Å². The first kappa shape index (κ1) is 17.3. The topological polar surface area (TPSA) is 67.3 Å². The van der Waals surface area contributed by atoms with Crippen molar-refractivity contribution in [1.29, 1.82) is 0 Å². The number of nitrogens with one attached hydrogen (secondary N) is 1. The lowest BCUT2D eigenvalue weighted by atomic mass is 10.0. The van der Waals surface area contributed by atoms with Gasteiger partial charge in [-0.2, -0.15) is 0 Å². The Morgan fingerprint density at radius 1 is 1.27 bits per heavy atom. The molecule has 3 heterocycles. The molecule has 2 aromatic rings. The van der Waals surface area contributed by atoms with Crippen molar-refractivity contribution in [3.8, 4) is 5.88 Å². The maximum absolute atomic E-state index is 12.7. The number of hydrogen-bond donors (Lipinski definition) is 1. The third-order valence-electron chi connectivity index (χ3n) is 4.89. The highest BCUT2D eigenvalue weighted by Crippen LogP contribution is 2.43. The lowest BCUT2D eigenvalue weighted by molar-refractivity contribution is 0.0723. The zero-order valence-corrected chi connectivity index (χ0v) is 15.8. The Labute approximate surface area is 157 Å². The number of carbonyl (C=O) groups is 1. The van der Waals surface area contributed by atoms with Crippen molar-refractivity contribution in [1.82, 2.24) is 14.9 Å². The molecule has 0 bridgehead atoms. The summed E-state index contributed by atoms with van der Waals surface area (Å²) in [5.41, 5.74) is 0. The monoisotopic (exact) mass is 372 g/mol. The van der Waals surface area contributed by atoms with Gasteiger partial charge in [0.1, 0.15) is 12.1 Å². The standard InChI is InChI=1S/C19H24N4O2S/c1-2-25-18-11-17(20-12-21-18)22-14-7-9-23(10-8-14)19(24)16-6-5-15(26-16)13-3-4-13/h5-6,11-14H,2-4,7-10H2,1H3,(H,20,21,22). The molecule has 0 atom stereocenters. The van der Waals surface area contributed by atoms with Crippen LogP contribution in [0, 0.1) is 0 Å². The van der Waals surface area contributed by atoms with Gasteiger partial charge in [-0.05, 0) is 50.7 Å². The van der Waals surface area contributed by atoms with Gasteiger partial charge in [-0.1, -0.05) is 0 Å². The maximum Gasteiger partial charge on any atom is 0.263 e. The van der Waals surface area contributed by atoms with Gasteiger partial charge in [0.2, 0.25) is 5.88 Å². The summed E-state index contributed by atoms with van der Waals surface area (Å²) in [7, 11) is 0. The summed E-state index contributed by atoms with van der Waals surface area (Å²) >= 11 is 1.68. The molecular weight excluding hydrogens is 348 g/mol. The fraction of sp³-hybridized carbons (Fsp3) is 0.526. The van der Waals surface area contributed by atoms with Crippen LogP contribution in [0.4, 0.5) is 5.82 Å². The van der Waals surface area contributed by atoms with Crippen LogP contribution in [0.2, 0.25) is 0 Å². The Kier molecular flexibility index (Phi) is 5.06. The number of thiophene rings is 1. The Balaban J connectivity index is 1.30. The molecule has 0 aromatic carbocycles. The van der Waals surface area contributed by atoms with E-state index < -0.39 is 0 Å². The molecule has 1 N–H and O–H groups in total. The number of rotatable bonds is 6. The molecule has 26 heavy (non-hydrogen) atoms. The van der Waals surface area contributed by atoms with Crippen LogP contribution in [-0.4, -0.2) is 46.5 Å². The van der Waals surface area contributed by atoms with Crippen molar-refractivity contribution in [2.24, 2.45) is 0 Å². The summed E-state index contributed by atoms with van der Waals surface area (Å²) < 4.78 is 5.41. The van der Waals surface area contributed by atoms with Crippen LogP contribution in [0.3, 0.4) is 0 Å². The van der Waals surface area contributed by atoms with E-state index in [1.807, 2.05) is 24.0 Å². The molecule has 0 spiro atoms. The predicted molar refractivity (Wildman–Crippen MR) is 102 cm³/mol. The molecule has 4 rings (SSSR count). The van der Waals surface area contributed by atoms with Gasteiger partial charge in [0, 0.05) is 30.1 Å². The summed E-state index contributed by atoms with van der Waals surface area (Å²) in [6.07, 6.45) is 5.90. The molecule has 7 heteroatoms. The molecule has 1 aliphatic carbocycles. The molecule has 0 unspecified atom stereocenters. The second-order valence-electron chi connectivity index (χ2n) is 6.86. The Bertz CT molecular complexity index is 766. The fourth-order valence-corrected chi connectivity index (χ4v) is 4.44. The van der Waals surface area contributed by atoms with Crippen LogP contribution in [0.15, 0.2) is 24.5 Å². The predicted octanol–water partition coefficient (Wildman–Crippen LogP) is 3.53. The van der Waals surface area contributed by atoms with E-state index >= 15 is 0 Å². The Hall–Kier alpha value is -2.15.